The van der Waals surface area contributed by atoms with Gasteiger partial charge in [0.2, 0.25) is 0 Å². The first-order chi connectivity index (χ1) is 9.66. The van der Waals surface area contributed by atoms with Gasteiger partial charge in [0, 0.05) is 22.6 Å². The van der Waals surface area contributed by atoms with E-state index in [9.17, 15) is 0 Å². The first-order valence-corrected chi connectivity index (χ1v) is 7.86. The first-order valence-electron chi connectivity index (χ1n) is 7.07. The minimum Gasteiger partial charge on any atom is -0.361 e. The molecule has 0 radical (unpaired) electrons. The number of nitrogens with zero attached hydrogens (tertiary/aromatic N) is 2. The maximum atomic E-state index is 5.34. The van der Waals surface area contributed by atoms with Crippen LogP contribution in [0.25, 0.3) is 0 Å². The van der Waals surface area contributed by atoms with Gasteiger partial charge in [-0.1, -0.05) is 39.3 Å². The molecule has 0 spiro atoms. The molecule has 1 aliphatic rings. The van der Waals surface area contributed by atoms with Gasteiger partial charge in [-0.3, -0.25) is 4.90 Å². The number of hydrogen-bond donors (Lipinski definition) is 0. The average Bonchev–Trinajstić information content (AvgIpc) is 2.99. The second kappa shape index (κ2) is 5.70. The van der Waals surface area contributed by atoms with E-state index in [2.05, 4.69) is 50.3 Å². The molecule has 20 heavy (non-hydrogen) atoms. The highest BCUT2D eigenvalue weighted by Gasteiger charge is 2.30. The monoisotopic (exact) mass is 334 g/mol. The minimum atomic E-state index is 0.438. The molecule has 1 aromatic heterocycles. The fraction of sp³-hybridized carbons (Fsp3) is 0.438. The normalized spacial score (nSPS) is 19.6. The maximum absolute atomic E-state index is 5.34. The summed E-state index contributed by atoms with van der Waals surface area (Å²) in [6.45, 7) is 6.16. The second-order valence-corrected chi connectivity index (χ2v) is 6.31. The molecule has 0 unspecified atom stereocenters. The van der Waals surface area contributed by atoms with E-state index in [1.807, 2.05) is 13.8 Å². The van der Waals surface area contributed by atoms with Gasteiger partial charge in [-0.05, 0) is 44.9 Å². The number of benzene rings is 1. The van der Waals surface area contributed by atoms with E-state index in [1.165, 1.54) is 28.4 Å². The van der Waals surface area contributed by atoms with Gasteiger partial charge in [0.15, 0.2) is 0 Å². The van der Waals surface area contributed by atoms with Crippen molar-refractivity contribution in [3.05, 3.63) is 51.3 Å². The molecule has 2 heterocycles. The van der Waals surface area contributed by atoms with Gasteiger partial charge >= 0.3 is 0 Å². The molecule has 1 saturated heterocycles. The van der Waals surface area contributed by atoms with E-state index >= 15 is 0 Å². The summed E-state index contributed by atoms with van der Waals surface area (Å²) in [4.78, 5) is 2.53. The molecule has 4 heteroatoms. The molecule has 1 fully saturated rings. The topological polar surface area (TPSA) is 29.3 Å². The fourth-order valence-corrected chi connectivity index (χ4v) is 3.56. The molecule has 2 aromatic rings. The van der Waals surface area contributed by atoms with Crippen LogP contribution in [0.2, 0.25) is 0 Å². The molecular formula is C16H19BrN2O. The van der Waals surface area contributed by atoms with Gasteiger partial charge in [0.25, 0.3) is 0 Å². The Bertz CT molecular complexity index is 589. The zero-order valence-corrected chi connectivity index (χ0v) is 13.5. The quantitative estimate of drug-likeness (QED) is 0.833. The van der Waals surface area contributed by atoms with Gasteiger partial charge in [0.05, 0.1) is 5.69 Å². The van der Waals surface area contributed by atoms with Crippen LogP contribution in [0.15, 0.2) is 33.3 Å². The Balaban J connectivity index is 1.85. The largest absolute Gasteiger partial charge is 0.361 e. The highest BCUT2D eigenvalue weighted by Crippen LogP contribution is 2.37. The van der Waals surface area contributed by atoms with Crippen LogP contribution in [-0.2, 0) is 6.54 Å². The van der Waals surface area contributed by atoms with Crippen LogP contribution >= 0.6 is 15.9 Å². The van der Waals surface area contributed by atoms with Crippen LogP contribution in [0, 0.1) is 13.8 Å². The lowest BCUT2D eigenvalue weighted by Crippen LogP contribution is -2.23. The van der Waals surface area contributed by atoms with Crippen LogP contribution in [0.3, 0.4) is 0 Å². The number of aromatic nitrogens is 1. The van der Waals surface area contributed by atoms with Crippen molar-refractivity contribution in [1.82, 2.24) is 10.1 Å². The summed E-state index contributed by atoms with van der Waals surface area (Å²) in [6, 6.07) is 8.89. The van der Waals surface area contributed by atoms with Gasteiger partial charge < -0.3 is 4.52 Å². The van der Waals surface area contributed by atoms with E-state index in [-0.39, 0.29) is 0 Å². The molecule has 1 aromatic carbocycles. The van der Waals surface area contributed by atoms with E-state index in [0.29, 0.717) is 6.04 Å². The fourth-order valence-electron chi connectivity index (χ4n) is 3.15. The van der Waals surface area contributed by atoms with Crippen molar-refractivity contribution in [1.29, 1.82) is 0 Å². The van der Waals surface area contributed by atoms with Crippen molar-refractivity contribution in [3.63, 3.8) is 0 Å². The zero-order chi connectivity index (χ0) is 14.1. The Morgan fingerprint density at radius 3 is 2.85 bits per heavy atom. The predicted octanol–water partition coefficient (Wildman–Crippen LogP) is 4.39. The summed E-state index contributed by atoms with van der Waals surface area (Å²) < 4.78 is 6.53. The van der Waals surface area contributed by atoms with Crippen LogP contribution in [0.1, 0.15) is 41.5 Å². The SMILES string of the molecule is Cc1noc(C)c1[C@H]1CCCN1Cc1ccccc1Br. The third kappa shape index (κ3) is 2.54. The molecule has 0 aliphatic carbocycles. The van der Waals surface area contributed by atoms with Crippen LogP contribution in [0.5, 0.6) is 0 Å². The molecule has 0 bridgehead atoms. The number of likely N-dealkylation sites (tertiary alicyclic amines) is 1. The van der Waals surface area contributed by atoms with E-state index in [0.717, 1.165) is 24.5 Å². The van der Waals surface area contributed by atoms with E-state index in [4.69, 9.17) is 4.52 Å². The number of aryl methyl sites for hydroxylation is 2. The van der Waals surface area contributed by atoms with E-state index < -0.39 is 0 Å². The summed E-state index contributed by atoms with van der Waals surface area (Å²) in [5.74, 6) is 0.964. The third-order valence-electron chi connectivity index (χ3n) is 4.12. The lowest BCUT2D eigenvalue weighted by atomic mass is 10.0. The standard InChI is InChI=1S/C16H19BrN2O/c1-11-16(12(2)20-18-11)15-8-5-9-19(15)10-13-6-3-4-7-14(13)17/h3-4,6-7,15H,5,8-10H2,1-2H3/t15-/m1/s1. The van der Waals surface area contributed by atoms with Crippen molar-refractivity contribution < 1.29 is 4.52 Å². The van der Waals surface area contributed by atoms with Crippen LogP contribution < -0.4 is 0 Å². The summed E-state index contributed by atoms with van der Waals surface area (Å²) in [6.07, 6.45) is 2.42. The Labute approximate surface area is 128 Å². The molecule has 3 nitrogen and oxygen atoms in total. The summed E-state index contributed by atoms with van der Waals surface area (Å²) >= 11 is 3.64. The summed E-state index contributed by atoms with van der Waals surface area (Å²) in [5, 5.41) is 4.11. The lowest BCUT2D eigenvalue weighted by Gasteiger charge is -2.25. The van der Waals surface area contributed by atoms with Crippen LogP contribution in [0.4, 0.5) is 0 Å². The molecule has 1 atom stereocenters. The average molecular weight is 335 g/mol. The molecule has 1 aliphatic heterocycles. The van der Waals surface area contributed by atoms with Gasteiger partial charge in [-0.25, -0.2) is 0 Å². The van der Waals surface area contributed by atoms with Gasteiger partial charge in [0.1, 0.15) is 5.76 Å². The molecule has 0 N–H and O–H groups in total. The predicted molar refractivity (Wildman–Crippen MR) is 82.5 cm³/mol. The second-order valence-electron chi connectivity index (χ2n) is 5.46. The number of halogens is 1. The minimum absolute atomic E-state index is 0.438. The Morgan fingerprint density at radius 2 is 2.15 bits per heavy atom. The smallest absolute Gasteiger partial charge is 0.138 e. The molecule has 106 valence electrons. The van der Waals surface area contributed by atoms with Gasteiger partial charge in [-0.2, -0.15) is 0 Å². The number of hydrogen-bond acceptors (Lipinski definition) is 3. The zero-order valence-electron chi connectivity index (χ0n) is 11.9. The highest BCUT2D eigenvalue weighted by atomic mass is 79.9. The summed E-state index contributed by atoms with van der Waals surface area (Å²) in [5.41, 5.74) is 3.66. The van der Waals surface area contributed by atoms with Crippen LogP contribution in [-0.4, -0.2) is 16.6 Å². The maximum Gasteiger partial charge on any atom is 0.138 e. The Hall–Kier alpha value is -1.13. The van der Waals surface area contributed by atoms with Crippen molar-refractivity contribution in [2.75, 3.05) is 6.54 Å². The number of rotatable bonds is 3. The summed E-state index contributed by atoms with van der Waals surface area (Å²) in [7, 11) is 0. The lowest BCUT2D eigenvalue weighted by molar-refractivity contribution is 0.245. The van der Waals surface area contributed by atoms with Gasteiger partial charge in [-0.15, -0.1) is 0 Å². The highest BCUT2D eigenvalue weighted by molar-refractivity contribution is 9.10. The van der Waals surface area contributed by atoms with Crippen molar-refractivity contribution in [3.8, 4) is 0 Å². The third-order valence-corrected chi connectivity index (χ3v) is 4.89. The molecular weight excluding hydrogens is 316 g/mol. The van der Waals surface area contributed by atoms with E-state index in [1.54, 1.807) is 0 Å². The van der Waals surface area contributed by atoms with Crippen molar-refractivity contribution >= 4 is 15.9 Å². The molecule has 0 saturated carbocycles. The van der Waals surface area contributed by atoms with Crippen molar-refractivity contribution in [2.45, 2.75) is 39.3 Å². The first kappa shape index (κ1) is 13.8. The Morgan fingerprint density at radius 1 is 1.35 bits per heavy atom. The van der Waals surface area contributed by atoms with Crippen molar-refractivity contribution in [2.24, 2.45) is 0 Å². The molecule has 3 rings (SSSR count). The molecule has 0 amide bonds. The Kier molecular flexibility index (Phi) is 3.94.